The summed E-state index contributed by atoms with van der Waals surface area (Å²) in [7, 11) is 0. The highest BCUT2D eigenvalue weighted by molar-refractivity contribution is 5.79. The molecule has 0 amide bonds. The smallest absolute Gasteiger partial charge is 0.349 e. The van der Waals surface area contributed by atoms with Crippen molar-refractivity contribution < 1.29 is 23.4 Å². The van der Waals surface area contributed by atoms with E-state index in [1.54, 1.807) is 20.8 Å². The van der Waals surface area contributed by atoms with E-state index in [0.29, 0.717) is 37.2 Å². The van der Waals surface area contributed by atoms with Crippen molar-refractivity contribution in [1.82, 2.24) is 4.98 Å². The normalized spacial score (nSPS) is 11.5. The first-order valence-electron chi connectivity index (χ1n) is 11.8. The summed E-state index contributed by atoms with van der Waals surface area (Å²) in [5.41, 5.74) is 1.76. The molecule has 3 rings (SSSR count). The topological polar surface area (TPSA) is 70.8 Å². The number of ether oxygens (including phenoxy) is 3. The lowest BCUT2D eigenvalue weighted by molar-refractivity contribution is -0.158. The highest BCUT2D eigenvalue weighted by Crippen LogP contribution is 2.30. The Bertz CT molecular complexity index is 1090. The lowest BCUT2D eigenvalue weighted by atomic mass is 10.0. The van der Waals surface area contributed by atoms with Gasteiger partial charge in [0.15, 0.2) is 5.60 Å². The summed E-state index contributed by atoms with van der Waals surface area (Å²) in [4.78, 5) is 16.9. The van der Waals surface area contributed by atoms with Gasteiger partial charge in [0, 0.05) is 12.0 Å². The average molecular weight is 466 g/mol. The van der Waals surface area contributed by atoms with E-state index in [0.717, 1.165) is 34.8 Å². The number of hydrogen-bond donors (Lipinski definition) is 0. The molecular weight excluding hydrogens is 430 g/mol. The summed E-state index contributed by atoms with van der Waals surface area (Å²) >= 11 is 0. The predicted molar refractivity (Wildman–Crippen MR) is 132 cm³/mol. The van der Waals surface area contributed by atoms with Crippen molar-refractivity contribution >= 4 is 5.97 Å². The Morgan fingerprint density at radius 1 is 1.12 bits per heavy atom. The van der Waals surface area contributed by atoms with Gasteiger partial charge in [-0.25, -0.2) is 9.78 Å². The van der Waals surface area contributed by atoms with E-state index in [1.165, 1.54) is 0 Å². The molecule has 1 aromatic heterocycles. The van der Waals surface area contributed by atoms with E-state index in [1.807, 2.05) is 55.5 Å². The van der Waals surface area contributed by atoms with Gasteiger partial charge in [0.2, 0.25) is 5.89 Å². The molecule has 0 aliphatic rings. The van der Waals surface area contributed by atoms with Crippen LogP contribution >= 0.6 is 0 Å². The van der Waals surface area contributed by atoms with Crippen LogP contribution in [-0.4, -0.2) is 29.8 Å². The molecule has 0 radical (unpaired) electrons. The van der Waals surface area contributed by atoms with Crippen LogP contribution in [0.1, 0.15) is 51.6 Å². The maximum absolute atomic E-state index is 12.3. The fraction of sp³-hybridized carbons (Fsp3) is 0.429. The van der Waals surface area contributed by atoms with E-state index < -0.39 is 5.60 Å². The molecule has 0 aliphatic heterocycles. The SMILES string of the molecule is CCOC(=O)C(C)(C)Oc1ccc(OCCc2nc(-c3ccccc3)oc2C)cc1CC(C)C. The minimum absolute atomic E-state index is 0.315. The van der Waals surface area contributed by atoms with E-state index in [4.69, 9.17) is 18.6 Å². The average Bonchev–Trinajstić information content (AvgIpc) is 3.16. The molecule has 0 unspecified atom stereocenters. The van der Waals surface area contributed by atoms with Crippen LogP contribution in [0.15, 0.2) is 52.9 Å². The lowest BCUT2D eigenvalue weighted by Gasteiger charge is -2.26. The number of oxazole rings is 1. The van der Waals surface area contributed by atoms with Gasteiger partial charge in [-0.05, 0) is 75.9 Å². The first-order valence-corrected chi connectivity index (χ1v) is 11.8. The first-order chi connectivity index (χ1) is 16.2. The van der Waals surface area contributed by atoms with Crippen molar-refractivity contribution in [3.63, 3.8) is 0 Å². The van der Waals surface area contributed by atoms with E-state index in [-0.39, 0.29) is 5.97 Å². The highest BCUT2D eigenvalue weighted by Gasteiger charge is 2.32. The number of aryl methyl sites for hydroxylation is 1. The molecule has 0 bridgehead atoms. The molecule has 0 spiro atoms. The molecule has 0 atom stereocenters. The Kier molecular flexibility index (Phi) is 8.37. The van der Waals surface area contributed by atoms with Crippen LogP contribution in [0.4, 0.5) is 0 Å². The summed E-state index contributed by atoms with van der Waals surface area (Å²) in [5.74, 6) is 2.87. The summed E-state index contributed by atoms with van der Waals surface area (Å²) < 4.78 is 23.1. The van der Waals surface area contributed by atoms with Crippen LogP contribution in [0, 0.1) is 12.8 Å². The van der Waals surface area contributed by atoms with Gasteiger partial charge in [-0.3, -0.25) is 0 Å². The third-order valence-electron chi connectivity index (χ3n) is 5.31. The van der Waals surface area contributed by atoms with Gasteiger partial charge in [-0.15, -0.1) is 0 Å². The molecule has 3 aromatic rings. The molecule has 0 saturated carbocycles. The van der Waals surface area contributed by atoms with Crippen molar-refractivity contribution in [2.75, 3.05) is 13.2 Å². The predicted octanol–water partition coefficient (Wildman–Crippen LogP) is 6.19. The Labute approximate surface area is 202 Å². The molecular formula is C28H35NO5. The van der Waals surface area contributed by atoms with Crippen LogP contribution in [-0.2, 0) is 22.4 Å². The number of benzene rings is 2. The van der Waals surface area contributed by atoms with Crippen molar-refractivity contribution in [2.24, 2.45) is 5.92 Å². The monoisotopic (exact) mass is 465 g/mol. The molecule has 1 heterocycles. The Hall–Kier alpha value is -3.28. The van der Waals surface area contributed by atoms with Gasteiger partial charge >= 0.3 is 5.97 Å². The fourth-order valence-electron chi connectivity index (χ4n) is 3.60. The number of aromatic nitrogens is 1. The van der Waals surface area contributed by atoms with E-state index in [2.05, 4.69) is 18.8 Å². The Balaban J connectivity index is 1.68. The molecule has 2 aromatic carbocycles. The van der Waals surface area contributed by atoms with Crippen LogP contribution in [0.25, 0.3) is 11.5 Å². The molecule has 6 heteroatoms. The number of rotatable bonds is 11. The molecule has 0 saturated heterocycles. The first kappa shape index (κ1) is 25.3. The second-order valence-corrected chi connectivity index (χ2v) is 9.19. The van der Waals surface area contributed by atoms with Crippen LogP contribution in [0.2, 0.25) is 0 Å². The largest absolute Gasteiger partial charge is 0.493 e. The van der Waals surface area contributed by atoms with Gasteiger partial charge in [-0.2, -0.15) is 0 Å². The van der Waals surface area contributed by atoms with Crippen molar-refractivity contribution in [2.45, 2.75) is 60.0 Å². The minimum Gasteiger partial charge on any atom is -0.493 e. The quantitative estimate of drug-likeness (QED) is 0.314. The molecule has 0 aliphatic carbocycles. The lowest BCUT2D eigenvalue weighted by Crippen LogP contribution is -2.40. The summed E-state index contributed by atoms with van der Waals surface area (Å²) in [5, 5.41) is 0. The summed E-state index contributed by atoms with van der Waals surface area (Å²) in [6.45, 7) is 12.2. The van der Waals surface area contributed by atoms with Crippen molar-refractivity contribution in [1.29, 1.82) is 0 Å². The second kappa shape index (κ2) is 11.2. The zero-order chi connectivity index (χ0) is 24.7. The molecule has 34 heavy (non-hydrogen) atoms. The van der Waals surface area contributed by atoms with Gasteiger partial charge in [0.1, 0.15) is 17.3 Å². The van der Waals surface area contributed by atoms with Crippen LogP contribution in [0.3, 0.4) is 0 Å². The van der Waals surface area contributed by atoms with Crippen molar-refractivity contribution in [3.8, 4) is 23.0 Å². The highest BCUT2D eigenvalue weighted by atomic mass is 16.6. The van der Waals surface area contributed by atoms with Gasteiger partial charge in [0.05, 0.1) is 18.9 Å². The number of nitrogens with zero attached hydrogens (tertiary/aromatic N) is 1. The van der Waals surface area contributed by atoms with E-state index in [9.17, 15) is 4.79 Å². The van der Waals surface area contributed by atoms with Crippen LogP contribution < -0.4 is 9.47 Å². The number of hydrogen-bond acceptors (Lipinski definition) is 6. The molecule has 182 valence electrons. The third kappa shape index (κ3) is 6.62. The minimum atomic E-state index is -1.08. The van der Waals surface area contributed by atoms with Crippen LogP contribution in [0.5, 0.6) is 11.5 Å². The standard InChI is InChI=1S/C28H35NO5/c1-7-31-27(30)28(5,6)34-25-14-13-23(18-22(25)17-19(2)3)32-16-15-24-20(4)33-26(29-24)21-11-9-8-10-12-21/h8-14,18-19H,7,15-17H2,1-6H3. The molecule has 0 fully saturated rings. The third-order valence-corrected chi connectivity index (χ3v) is 5.31. The zero-order valence-electron chi connectivity index (χ0n) is 21.0. The van der Waals surface area contributed by atoms with Gasteiger partial charge in [-0.1, -0.05) is 32.0 Å². The van der Waals surface area contributed by atoms with Crippen molar-refractivity contribution in [3.05, 3.63) is 65.5 Å². The maximum Gasteiger partial charge on any atom is 0.349 e. The summed E-state index contributed by atoms with van der Waals surface area (Å²) in [6.07, 6.45) is 1.43. The fourth-order valence-corrected chi connectivity index (χ4v) is 3.60. The summed E-state index contributed by atoms with van der Waals surface area (Å²) in [6, 6.07) is 15.6. The second-order valence-electron chi connectivity index (χ2n) is 9.19. The Morgan fingerprint density at radius 2 is 1.85 bits per heavy atom. The van der Waals surface area contributed by atoms with E-state index >= 15 is 0 Å². The van der Waals surface area contributed by atoms with Gasteiger partial charge < -0.3 is 18.6 Å². The maximum atomic E-state index is 12.3. The molecule has 6 nitrogen and oxygen atoms in total. The Morgan fingerprint density at radius 3 is 2.53 bits per heavy atom. The zero-order valence-corrected chi connectivity index (χ0v) is 21.0. The number of carbonyl (C=O) groups excluding carboxylic acids is 1. The number of carbonyl (C=O) groups is 1. The number of esters is 1. The van der Waals surface area contributed by atoms with Gasteiger partial charge in [0.25, 0.3) is 0 Å². The molecule has 0 N–H and O–H groups in total.